The zero-order chi connectivity index (χ0) is 13.0. The highest BCUT2D eigenvalue weighted by atomic mass is 16.2. The van der Waals surface area contributed by atoms with Crippen molar-refractivity contribution in [1.82, 2.24) is 10.6 Å². The lowest BCUT2D eigenvalue weighted by Crippen LogP contribution is -2.27. The summed E-state index contributed by atoms with van der Waals surface area (Å²) >= 11 is 0. The van der Waals surface area contributed by atoms with Gasteiger partial charge < -0.3 is 10.6 Å². The van der Waals surface area contributed by atoms with E-state index >= 15 is 0 Å². The Morgan fingerprint density at radius 2 is 2.11 bits per heavy atom. The third kappa shape index (κ3) is 2.82. The molecule has 98 valence electrons. The van der Waals surface area contributed by atoms with Gasteiger partial charge in [0, 0.05) is 24.8 Å². The van der Waals surface area contributed by atoms with Gasteiger partial charge in [-0.1, -0.05) is 19.1 Å². The molecular weight excluding hydrogens is 226 g/mol. The fraction of sp³-hybridized carbons (Fsp3) is 0.500. The van der Waals surface area contributed by atoms with Gasteiger partial charge in [-0.25, -0.2) is 4.79 Å². The number of hydrogen-bond acceptors (Lipinski definition) is 2. The Morgan fingerprint density at radius 3 is 2.67 bits per heavy atom. The van der Waals surface area contributed by atoms with Crippen molar-refractivity contribution in [2.75, 3.05) is 24.5 Å². The molecule has 0 spiro atoms. The number of anilines is 1. The Labute approximate surface area is 108 Å². The first-order valence-electron chi connectivity index (χ1n) is 6.61. The molecule has 0 aliphatic carbocycles. The molecule has 2 amide bonds. The molecule has 1 aliphatic rings. The fourth-order valence-corrected chi connectivity index (χ4v) is 2.14. The van der Waals surface area contributed by atoms with Gasteiger partial charge in [-0.2, -0.15) is 0 Å². The van der Waals surface area contributed by atoms with Crippen molar-refractivity contribution < 1.29 is 4.79 Å². The molecule has 0 bridgehead atoms. The number of urea groups is 1. The standard InChI is InChI=1S/C14H21N3O/c1-3-8-15-11(2)12-4-6-13(7-5-12)17-10-9-16-14(17)18/h4-7,11,15H,3,8-10H2,1-2H3,(H,16,18). The SMILES string of the molecule is CCCNC(C)c1ccc(N2CCNC2=O)cc1. The molecular formula is C14H21N3O. The number of hydrogen-bond donors (Lipinski definition) is 2. The molecule has 1 aliphatic heterocycles. The maximum Gasteiger partial charge on any atom is 0.321 e. The van der Waals surface area contributed by atoms with E-state index in [2.05, 4.69) is 36.6 Å². The van der Waals surface area contributed by atoms with E-state index < -0.39 is 0 Å². The Bertz CT molecular complexity index is 402. The van der Waals surface area contributed by atoms with E-state index in [1.807, 2.05) is 12.1 Å². The lowest BCUT2D eigenvalue weighted by molar-refractivity contribution is 0.252. The molecule has 2 rings (SSSR count). The van der Waals surface area contributed by atoms with Gasteiger partial charge in [-0.3, -0.25) is 4.90 Å². The quantitative estimate of drug-likeness (QED) is 0.838. The van der Waals surface area contributed by atoms with Crippen molar-refractivity contribution in [3.63, 3.8) is 0 Å². The van der Waals surface area contributed by atoms with Crippen molar-refractivity contribution in [2.24, 2.45) is 0 Å². The Balaban J connectivity index is 2.03. The minimum atomic E-state index is -0.0000866. The van der Waals surface area contributed by atoms with Crippen LogP contribution in [0.1, 0.15) is 31.9 Å². The first kappa shape index (κ1) is 12.9. The smallest absolute Gasteiger partial charge is 0.321 e. The highest BCUT2D eigenvalue weighted by Gasteiger charge is 2.20. The number of amides is 2. The third-order valence-corrected chi connectivity index (χ3v) is 3.26. The van der Waals surface area contributed by atoms with Gasteiger partial charge in [0.2, 0.25) is 0 Å². The summed E-state index contributed by atoms with van der Waals surface area (Å²) in [7, 11) is 0. The molecule has 1 aromatic carbocycles. The summed E-state index contributed by atoms with van der Waals surface area (Å²) in [5.74, 6) is 0. The number of carbonyl (C=O) groups is 1. The molecule has 1 aromatic rings. The van der Waals surface area contributed by atoms with E-state index in [0.29, 0.717) is 6.04 Å². The zero-order valence-electron chi connectivity index (χ0n) is 11.1. The minimum absolute atomic E-state index is 0.0000866. The van der Waals surface area contributed by atoms with Crippen LogP contribution in [-0.2, 0) is 0 Å². The lowest BCUT2D eigenvalue weighted by atomic mass is 10.1. The predicted octanol–water partition coefficient (Wildman–Crippen LogP) is 2.28. The summed E-state index contributed by atoms with van der Waals surface area (Å²) in [6, 6.07) is 8.57. The van der Waals surface area contributed by atoms with Crippen LogP contribution in [-0.4, -0.2) is 25.7 Å². The van der Waals surface area contributed by atoms with Crippen LogP contribution >= 0.6 is 0 Å². The molecule has 4 nitrogen and oxygen atoms in total. The largest absolute Gasteiger partial charge is 0.336 e. The summed E-state index contributed by atoms with van der Waals surface area (Å²) in [4.78, 5) is 13.3. The number of nitrogens with one attached hydrogen (secondary N) is 2. The van der Waals surface area contributed by atoms with Crippen molar-refractivity contribution >= 4 is 11.7 Å². The van der Waals surface area contributed by atoms with Crippen LogP contribution in [0.25, 0.3) is 0 Å². The normalized spacial score (nSPS) is 16.8. The van der Waals surface area contributed by atoms with Crippen LogP contribution in [0.3, 0.4) is 0 Å². The van der Waals surface area contributed by atoms with Gasteiger partial charge in [-0.05, 0) is 37.6 Å². The maximum atomic E-state index is 11.5. The van der Waals surface area contributed by atoms with E-state index in [9.17, 15) is 4.79 Å². The second-order valence-corrected chi connectivity index (χ2v) is 4.65. The van der Waals surface area contributed by atoms with Gasteiger partial charge in [0.15, 0.2) is 0 Å². The van der Waals surface area contributed by atoms with Crippen molar-refractivity contribution in [2.45, 2.75) is 26.3 Å². The molecule has 0 saturated carbocycles. The van der Waals surface area contributed by atoms with E-state index in [-0.39, 0.29) is 6.03 Å². The monoisotopic (exact) mass is 247 g/mol. The number of carbonyl (C=O) groups excluding carboxylic acids is 1. The van der Waals surface area contributed by atoms with Crippen molar-refractivity contribution in [1.29, 1.82) is 0 Å². The molecule has 1 heterocycles. The summed E-state index contributed by atoms with van der Waals surface area (Å²) in [6.45, 7) is 6.83. The van der Waals surface area contributed by atoms with Crippen LogP contribution in [0.4, 0.5) is 10.5 Å². The fourth-order valence-electron chi connectivity index (χ4n) is 2.14. The molecule has 4 heteroatoms. The minimum Gasteiger partial charge on any atom is -0.336 e. The number of rotatable bonds is 5. The van der Waals surface area contributed by atoms with Crippen molar-refractivity contribution in [3.8, 4) is 0 Å². The van der Waals surface area contributed by atoms with E-state index in [1.54, 1.807) is 4.90 Å². The molecule has 0 radical (unpaired) electrons. The second kappa shape index (κ2) is 5.87. The van der Waals surface area contributed by atoms with Crippen LogP contribution in [0.15, 0.2) is 24.3 Å². The first-order chi connectivity index (χ1) is 8.72. The number of nitrogens with zero attached hydrogens (tertiary/aromatic N) is 1. The topological polar surface area (TPSA) is 44.4 Å². The van der Waals surface area contributed by atoms with Crippen molar-refractivity contribution in [3.05, 3.63) is 29.8 Å². The highest BCUT2D eigenvalue weighted by Crippen LogP contribution is 2.20. The average molecular weight is 247 g/mol. The Hall–Kier alpha value is -1.55. The summed E-state index contributed by atoms with van der Waals surface area (Å²) < 4.78 is 0. The van der Waals surface area contributed by atoms with E-state index in [0.717, 1.165) is 31.7 Å². The highest BCUT2D eigenvalue weighted by molar-refractivity contribution is 5.93. The van der Waals surface area contributed by atoms with Gasteiger partial charge in [0.1, 0.15) is 0 Å². The molecule has 18 heavy (non-hydrogen) atoms. The first-order valence-corrected chi connectivity index (χ1v) is 6.61. The lowest BCUT2D eigenvalue weighted by Gasteiger charge is -2.17. The van der Waals surface area contributed by atoms with Gasteiger partial charge >= 0.3 is 6.03 Å². The molecule has 0 aromatic heterocycles. The summed E-state index contributed by atoms with van der Waals surface area (Å²) in [5.41, 5.74) is 2.23. The number of benzene rings is 1. The van der Waals surface area contributed by atoms with Gasteiger partial charge in [0.05, 0.1) is 0 Å². The second-order valence-electron chi connectivity index (χ2n) is 4.65. The molecule has 1 saturated heterocycles. The van der Waals surface area contributed by atoms with Crippen LogP contribution < -0.4 is 15.5 Å². The molecule has 2 N–H and O–H groups in total. The maximum absolute atomic E-state index is 11.5. The van der Waals surface area contributed by atoms with Gasteiger partial charge in [0.25, 0.3) is 0 Å². The molecule has 1 unspecified atom stereocenters. The summed E-state index contributed by atoms with van der Waals surface area (Å²) in [6.07, 6.45) is 1.14. The zero-order valence-corrected chi connectivity index (χ0v) is 11.1. The molecule has 1 fully saturated rings. The van der Waals surface area contributed by atoms with E-state index in [4.69, 9.17) is 0 Å². The van der Waals surface area contributed by atoms with Crippen LogP contribution in [0, 0.1) is 0 Å². The average Bonchev–Trinajstić information content (AvgIpc) is 2.82. The van der Waals surface area contributed by atoms with Gasteiger partial charge in [-0.15, -0.1) is 0 Å². The predicted molar refractivity (Wildman–Crippen MR) is 73.9 cm³/mol. The Kier molecular flexibility index (Phi) is 4.20. The van der Waals surface area contributed by atoms with Crippen LogP contribution in [0.2, 0.25) is 0 Å². The van der Waals surface area contributed by atoms with Crippen LogP contribution in [0.5, 0.6) is 0 Å². The third-order valence-electron chi connectivity index (χ3n) is 3.26. The van der Waals surface area contributed by atoms with E-state index in [1.165, 1.54) is 5.56 Å². The molecule has 1 atom stereocenters. The summed E-state index contributed by atoms with van der Waals surface area (Å²) in [5, 5.41) is 6.26. The Morgan fingerprint density at radius 1 is 1.39 bits per heavy atom.